The number of unbranched alkanes of at least 4 members (excludes halogenated alkanes) is 36. The van der Waals surface area contributed by atoms with Gasteiger partial charge in [0.15, 0.2) is 0 Å². The van der Waals surface area contributed by atoms with E-state index in [-0.39, 0.29) is 18.5 Å². The molecule has 0 heterocycles. The van der Waals surface area contributed by atoms with E-state index in [0.29, 0.717) is 19.4 Å². The molecule has 0 aromatic rings. The highest BCUT2D eigenvalue weighted by molar-refractivity contribution is 5.76. The van der Waals surface area contributed by atoms with E-state index in [0.717, 1.165) is 70.6 Å². The summed E-state index contributed by atoms with van der Waals surface area (Å²) < 4.78 is 5.44. The van der Waals surface area contributed by atoms with Gasteiger partial charge in [-0.15, -0.1) is 0 Å². The molecule has 2 unspecified atom stereocenters. The van der Waals surface area contributed by atoms with Crippen LogP contribution in [0.4, 0.5) is 0 Å². The summed E-state index contributed by atoms with van der Waals surface area (Å²) in [5.74, 6) is -0.117. The quantitative estimate of drug-likeness (QED) is 0.0321. The van der Waals surface area contributed by atoms with Crippen molar-refractivity contribution in [2.45, 2.75) is 302 Å². The molecule has 0 rings (SSSR count). The van der Waals surface area contributed by atoms with E-state index < -0.39 is 12.1 Å². The van der Waals surface area contributed by atoms with Crippen molar-refractivity contribution in [1.29, 1.82) is 0 Å². The Morgan fingerprint density at radius 1 is 0.444 bits per heavy atom. The van der Waals surface area contributed by atoms with E-state index in [2.05, 4.69) is 43.5 Å². The Bertz CT molecular complexity index is 1020. The number of amides is 1. The van der Waals surface area contributed by atoms with Crippen molar-refractivity contribution in [2.75, 3.05) is 13.2 Å². The molecule has 2 atom stereocenters. The molecule has 0 bridgehead atoms. The maximum atomic E-state index is 12.5. The van der Waals surface area contributed by atoms with Crippen LogP contribution < -0.4 is 5.32 Å². The number of aliphatic hydroxyl groups is 2. The fourth-order valence-electron chi connectivity index (χ4n) is 8.38. The van der Waals surface area contributed by atoms with Crippen LogP contribution >= 0.6 is 0 Å². The average molecular weight is 886 g/mol. The topological polar surface area (TPSA) is 95.9 Å². The number of hydrogen-bond acceptors (Lipinski definition) is 5. The summed E-state index contributed by atoms with van der Waals surface area (Å²) in [6.45, 7) is 4.80. The average Bonchev–Trinajstić information content (AvgIpc) is 3.28. The highest BCUT2D eigenvalue weighted by Crippen LogP contribution is 2.16. The highest BCUT2D eigenvalue weighted by Gasteiger charge is 2.18. The largest absolute Gasteiger partial charge is 0.466 e. The number of carbonyl (C=O) groups is 2. The van der Waals surface area contributed by atoms with E-state index in [1.807, 2.05) is 6.08 Å². The number of esters is 1. The highest BCUT2D eigenvalue weighted by atomic mass is 16.5. The summed E-state index contributed by atoms with van der Waals surface area (Å²) in [6.07, 6.45) is 64.4. The predicted octanol–water partition coefficient (Wildman–Crippen LogP) is 16.9. The van der Waals surface area contributed by atoms with Crippen LogP contribution in [0, 0.1) is 0 Å². The molecule has 0 fully saturated rings. The standard InChI is InChI=1S/C57H107NO5/c1-3-5-7-9-11-13-15-17-18-19-20-21-22-23-24-25-27-29-33-37-41-45-49-55(60)54(53-59)58-56(61)50-46-42-38-34-30-28-32-36-40-44-48-52-63-57(62)51-47-43-39-35-31-26-16-14-12-10-8-6-4-2/h8,10,14,16,45,49,54-55,59-60H,3-7,9,11-13,15,17-44,46-48,50-53H2,1-2H3,(H,58,61)/b10-8-,16-14-,49-45+. The SMILES string of the molecule is CCC/C=C\C/C=C\CCCCCCCC(=O)OCCCCCCCCCCCCCC(=O)NC(CO)C(O)/C=C/CCCCCCCCCCCCCCCCCCCCCC. The molecule has 0 aliphatic heterocycles. The minimum Gasteiger partial charge on any atom is -0.466 e. The summed E-state index contributed by atoms with van der Waals surface area (Å²) in [7, 11) is 0. The van der Waals surface area contributed by atoms with Gasteiger partial charge in [-0.1, -0.05) is 256 Å². The second-order valence-corrected chi connectivity index (χ2v) is 18.9. The third-order valence-electron chi connectivity index (χ3n) is 12.6. The Hall–Kier alpha value is -1.92. The first kappa shape index (κ1) is 61.1. The van der Waals surface area contributed by atoms with Gasteiger partial charge in [0.25, 0.3) is 0 Å². The summed E-state index contributed by atoms with van der Waals surface area (Å²) in [6, 6.07) is -0.644. The van der Waals surface area contributed by atoms with Gasteiger partial charge in [-0.25, -0.2) is 0 Å². The van der Waals surface area contributed by atoms with E-state index in [9.17, 15) is 19.8 Å². The molecule has 370 valence electrons. The van der Waals surface area contributed by atoms with Crippen LogP contribution in [0.3, 0.4) is 0 Å². The monoisotopic (exact) mass is 886 g/mol. The van der Waals surface area contributed by atoms with Crippen molar-refractivity contribution < 1.29 is 24.5 Å². The lowest BCUT2D eigenvalue weighted by atomic mass is 10.0. The Morgan fingerprint density at radius 3 is 1.27 bits per heavy atom. The first-order chi connectivity index (χ1) is 31.0. The van der Waals surface area contributed by atoms with Gasteiger partial charge < -0.3 is 20.3 Å². The Kier molecular flexibility index (Phi) is 51.1. The zero-order valence-electron chi connectivity index (χ0n) is 42.1. The molecule has 6 heteroatoms. The Morgan fingerprint density at radius 2 is 0.825 bits per heavy atom. The fourth-order valence-corrected chi connectivity index (χ4v) is 8.38. The molecular weight excluding hydrogens is 779 g/mol. The lowest BCUT2D eigenvalue weighted by Crippen LogP contribution is -2.45. The van der Waals surface area contributed by atoms with Crippen LogP contribution in [-0.2, 0) is 14.3 Å². The van der Waals surface area contributed by atoms with Crippen LogP contribution in [0.1, 0.15) is 290 Å². The minimum absolute atomic E-state index is 0.0306. The van der Waals surface area contributed by atoms with E-state index in [1.165, 1.54) is 193 Å². The third-order valence-corrected chi connectivity index (χ3v) is 12.6. The van der Waals surface area contributed by atoms with Crippen molar-refractivity contribution in [2.24, 2.45) is 0 Å². The Labute approximate surface area is 392 Å². The van der Waals surface area contributed by atoms with Crippen LogP contribution in [-0.4, -0.2) is 47.4 Å². The van der Waals surface area contributed by atoms with Crippen molar-refractivity contribution >= 4 is 11.9 Å². The zero-order valence-corrected chi connectivity index (χ0v) is 42.1. The summed E-state index contributed by atoms with van der Waals surface area (Å²) in [4.78, 5) is 24.5. The summed E-state index contributed by atoms with van der Waals surface area (Å²) in [5, 5.41) is 23.1. The summed E-state index contributed by atoms with van der Waals surface area (Å²) >= 11 is 0. The van der Waals surface area contributed by atoms with Crippen molar-refractivity contribution in [3.05, 3.63) is 36.5 Å². The number of hydrogen-bond donors (Lipinski definition) is 3. The van der Waals surface area contributed by atoms with E-state index in [4.69, 9.17) is 4.74 Å². The molecule has 0 radical (unpaired) electrons. The van der Waals surface area contributed by atoms with E-state index in [1.54, 1.807) is 6.08 Å². The van der Waals surface area contributed by atoms with Gasteiger partial charge in [0, 0.05) is 12.8 Å². The molecule has 63 heavy (non-hydrogen) atoms. The van der Waals surface area contributed by atoms with Gasteiger partial charge in [-0.2, -0.15) is 0 Å². The number of ether oxygens (including phenoxy) is 1. The number of allylic oxidation sites excluding steroid dienone is 5. The molecule has 0 saturated heterocycles. The second-order valence-electron chi connectivity index (χ2n) is 18.9. The molecule has 0 aliphatic rings. The number of carbonyl (C=O) groups excluding carboxylic acids is 2. The second kappa shape index (κ2) is 52.7. The van der Waals surface area contributed by atoms with Crippen LogP contribution in [0.5, 0.6) is 0 Å². The first-order valence-corrected chi connectivity index (χ1v) is 27.8. The maximum absolute atomic E-state index is 12.5. The maximum Gasteiger partial charge on any atom is 0.305 e. The molecule has 0 saturated carbocycles. The van der Waals surface area contributed by atoms with Gasteiger partial charge in [-0.3, -0.25) is 9.59 Å². The van der Waals surface area contributed by atoms with Gasteiger partial charge in [-0.05, 0) is 57.8 Å². The molecule has 1 amide bonds. The normalized spacial score (nSPS) is 12.9. The van der Waals surface area contributed by atoms with Crippen LogP contribution in [0.25, 0.3) is 0 Å². The molecule has 0 aromatic carbocycles. The third kappa shape index (κ3) is 49.4. The fraction of sp³-hybridized carbons (Fsp3) is 0.860. The molecular formula is C57H107NO5. The number of nitrogens with one attached hydrogen (secondary N) is 1. The lowest BCUT2D eigenvalue weighted by molar-refractivity contribution is -0.143. The predicted molar refractivity (Wildman–Crippen MR) is 273 cm³/mol. The lowest BCUT2D eigenvalue weighted by Gasteiger charge is -2.20. The van der Waals surface area contributed by atoms with Crippen molar-refractivity contribution in [3.63, 3.8) is 0 Å². The molecule has 0 aliphatic carbocycles. The van der Waals surface area contributed by atoms with Crippen LogP contribution in [0.15, 0.2) is 36.5 Å². The molecule has 0 spiro atoms. The number of aliphatic hydroxyl groups excluding tert-OH is 2. The molecule has 0 aromatic heterocycles. The molecule has 6 nitrogen and oxygen atoms in total. The number of rotatable bonds is 51. The van der Waals surface area contributed by atoms with Gasteiger partial charge in [0.1, 0.15) is 0 Å². The first-order valence-electron chi connectivity index (χ1n) is 27.8. The minimum atomic E-state index is -0.859. The van der Waals surface area contributed by atoms with Crippen molar-refractivity contribution in [1.82, 2.24) is 5.32 Å². The van der Waals surface area contributed by atoms with E-state index >= 15 is 0 Å². The van der Waals surface area contributed by atoms with Crippen LogP contribution in [0.2, 0.25) is 0 Å². The van der Waals surface area contributed by atoms with Gasteiger partial charge in [0.05, 0.1) is 25.4 Å². The zero-order chi connectivity index (χ0) is 45.8. The smallest absolute Gasteiger partial charge is 0.305 e. The van der Waals surface area contributed by atoms with Crippen molar-refractivity contribution in [3.8, 4) is 0 Å². The molecule has 3 N–H and O–H groups in total. The van der Waals surface area contributed by atoms with Gasteiger partial charge in [0.2, 0.25) is 5.91 Å². The summed E-state index contributed by atoms with van der Waals surface area (Å²) in [5.41, 5.74) is 0. The van der Waals surface area contributed by atoms with Gasteiger partial charge >= 0.3 is 5.97 Å². The Balaban J connectivity index is 3.52.